The van der Waals surface area contributed by atoms with Crippen molar-refractivity contribution in [2.75, 3.05) is 31.7 Å². The SMILES string of the molecule is CCO[Si](CCCNC(=O)Nc1cc(Cl)ccc1C(=O)O)(OCC)OCC. The second kappa shape index (κ2) is 11.9. The Morgan fingerprint density at radius 2 is 1.70 bits per heavy atom. The van der Waals surface area contributed by atoms with Gasteiger partial charge in [0.15, 0.2) is 0 Å². The number of amides is 2. The molecule has 0 heterocycles. The van der Waals surface area contributed by atoms with Crippen molar-refractivity contribution in [1.82, 2.24) is 5.32 Å². The molecule has 0 aliphatic heterocycles. The summed E-state index contributed by atoms with van der Waals surface area (Å²) in [5, 5.41) is 14.7. The molecule has 0 saturated carbocycles. The van der Waals surface area contributed by atoms with Gasteiger partial charge in [-0.25, -0.2) is 9.59 Å². The van der Waals surface area contributed by atoms with Crippen LogP contribution in [0.4, 0.5) is 10.5 Å². The van der Waals surface area contributed by atoms with E-state index < -0.39 is 20.8 Å². The first-order valence-corrected chi connectivity index (χ1v) is 11.2. The minimum absolute atomic E-state index is 0.0370. The highest BCUT2D eigenvalue weighted by Crippen LogP contribution is 2.21. The van der Waals surface area contributed by atoms with Gasteiger partial charge < -0.3 is 29.0 Å². The third-order valence-electron chi connectivity index (χ3n) is 3.50. The number of carboxylic acids is 1. The summed E-state index contributed by atoms with van der Waals surface area (Å²) >= 11 is 5.87. The van der Waals surface area contributed by atoms with Crippen molar-refractivity contribution in [2.45, 2.75) is 33.2 Å². The molecule has 10 heteroatoms. The van der Waals surface area contributed by atoms with Crippen LogP contribution in [-0.4, -0.2) is 52.3 Å². The largest absolute Gasteiger partial charge is 0.500 e. The minimum Gasteiger partial charge on any atom is -0.478 e. The number of carbonyl (C=O) groups excluding carboxylic acids is 1. The molecule has 0 fully saturated rings. The molecule has 152 valence electrons. The van der Waals surface area contributed by atoms with Crippen LogP contribution in [0, 0.1) is 0 Å². The molecule has 0 saturated heterocycles. The van der Waals surface area contributed by atoms with Crippen molar-refractivity contribution in [3.63, 3.8) is 0 Å². The predicted molar refractivity (Wildman–Crippen MR) is 105 cm³/mol. The minimum atomic E-state index is -2.74. The predicted octanol–water partition coefficient (Wildman–Crippen LogP) is 3.60. The Morgan fingerprint density at radius 1 is 1.11 bits per heavy atom. The summed E-state index contributed by atoms with van der Waals surface area (Å²) in [6.07, 6.45) is 0.598. The van der Waals surface area contributed by atoms with Crippen molar-refractivity contribution >= 4 is 38.1 Å². The van der Waals surface area contributed by atoms with Gasteiger partial charge in [-0.2, -0.15) is 0 Å². The summed E-state index contributed by atoms with van der Waals surface area (Å²) in [6.45, 7) is 7.49. The van der Waals surface area contributed by atoms with Crippen LogP contribution >= 0.6 is 11.6 Å². The lowest BCUT2D eigenvalue weighted by molar-refractivity contribution is 0.0692. The van der Waals surface area contributed by atoms with E-state index in [1.165, 1.54) is 18.2 Å². The van der Waals surface area contributed by atoms with E-state index in [1.807, 2.05) is 20.8 Å². The number of anilines is 1. The number of benzene rings is 1. The Hall–Kier alpha value is -1.65. The Bertz CT molecular complexity index is 614. The van der Waals surface area contributed by atoms with Crippen molar-refractivity contribution in [3.8, 4) is 0 Å². The van der Waals surface area contributed by atoms with E-state index in [-0.39, 0.29) is 11.3 Å². The molecule has 8 nitrogen and oxygen atoms in total. The van der Waals surface area contributed by atoms with Crippen LogP contribution in [0.25, 0.3) is 0 Å². The van der Waals surface area contributed by atoms with Gasteiger partial charge in [-0.1, -0.05) is 11.6 Å². The second-order valence-corrected chi connectivity index (χ2v) is 8.63. The summed E-state index contributed by atoms with van der Waals surface area (Å²) in [5.41, 5.74) is 0.0965. The van der Waals surface area contributed by atoms with Gasteiger partial charge in [0.25, 0.3) is 0 Å². The van der Waals surface area contributed by atoms with Crippen molar-refractivity contribution in [1.29, 1.82) is 0 Å². The van der Waals surface area contributed by atoms with E-state index in [9.17, 15) is 14.7 Å². The molecule has 3 N–H and O–H groups in total. The molecule has 0 bridgehead atoms. The summed E-state index contributed by atoms with van der Waals surface area (Å²) in [7, 11) is -2.74. The maximum atomic E-state index is 12.1. The smallest absolute Gasteiger partial charge is 0.478 e. The maximum Gasteiger partial charge on any atom is 0.500 e. The topological polar surface area (TPSA) is 106 Å². The van der Waals surface area contributed by atoms with Crippen LogP contribution in [-0.2, 0) is 13.3 Å². The van der Waals surface area contributed by atoms with Gasteiger partial charge in [0, 0.05) is 37.4 Å². The first kappa shape index (κ1) is 23.4. The number of halogens is 1. The average molecular weight is 419 g/mol. The van der Waals surface area contributed by atoms with Gasteiger partial charge >= 0.3 is 20.8 Å². The number of carbonyl (C=O) groups is 2. The van der Waals surface area contributed by atoms with Gasteiger partial charge in [-0.3, -0.25) is 0 Å². The van der Waals surface area contributed by atoms with E-state index in [2.05, 4.69) is 10.6 Å². The fourth-order valence-electron chi connectivity index (χ4n) is 2.48. The lowest BCUT2D eigenvalue weighted by Gasteiger charge is -2.28. The zero-order valence-corrected chi connectivity index (χ0v) is 17.6. The van der Waals surface area contributed by atoms with E-state index in [1.54, 1.807) is 0 Å². The average Bonchev–Trinajstić information content (AvgIpc) is 2.59. The molecule has 0 aromatic heterocycles. The third-order valence-corrected chi connectivity index (χ3v) is 6.88. The highest BCUT2D eigenvalue weighted by atomic mass is 35.5. The van der Waals surface area contributed by atoms with Crippen LogP contribution in [0.2, 0.25) is 11.1 Å². The number of hydrogen-bond acceptors (Lipinski definition) is 5. The molecular formula is C17H27ClN2O6Si. The highest BCUT2D eigenvalue weighted by Gasteiger charge is 2.39. The normalized spacial score (nSPS) is 11.3. The number of nitrogens with one attached hydrogen (secondary N) is 2. The molecule has 1 aromatic rings. The fraction of sp³-hybridized carbons (Fsp3) is 0.529. The van der Waals surface area contributed by atoms with Crippen LogP contribution in [0.1, 0.15) is 37.6 Å². The summed E-state index contributed by atoms with van der Waals surface area (Å²) in [6, 6.07) is 4.23. The van der Waals surface area contributed by atoms with E-state index in [0.717, 1.165) is 0 Å². The van der Waals surface area contributed by atoms with E-state index >= 15 is 0 Å². The van der Waals surface area contributed by atoms with Crippen LogP contribution in [0.5, 0.6) is 0 Å². The molecule has 0 radical (unpaired) electrons. The number of urea groups is 1. The Kier molecular flexibility index (Phi) is 10.3. The molecule has 2 amide bonds. The molecule has 1 aromatic carbocycles. The second-order valence-electron chi connectivity index (χ2n) is 5.46. The molecule has 27 heavy (non-hydrogen) atoms. The van der Waals surface area contributed by atoms with Gasteiger partial charge in [0.2, 0.25) is 0 Å². The fourth-order valence-corrected chi connectivity index (χ4v) is 5.27. The lowest BCUT2D eigenvalue weighted by atomic mass is 10.2. The first-order chi connectivity index (χ1) is 12.9. The van der Waals surface area contributed by atoms with Crippen LogP contribution in [0.15, 0.2) is 18.2 Å². The van der Waals surface area contributed by atoms with Gasteiger partial charge in [-0.15, -0.1) is 0 Å². The molecule has 0 atom stereocenters. The standard InChI is InChI=1S/C17H27ClN2O6Si/c1-4-24-27(25-5-2,26-6-3)11-7-10-19-17(23)20-15-12-13(18)8-9-14(15)16(21)22/h8-9,12H,4-7,10-11H2,1-3H3,(H,21,22)(H2,19,20,23). The zero-order chi connectivity index (χ0) is 20.3. The first-order valence-electron chi connectivity index (χ1n) is 8.87. The van der Waals surface area contributed by atoms with Gasteiger partial charge in [0.1, 0.15) is 0 Å². The van der Waals surface area contributed by atoms with Gasteiger partial charge in [-0.05, 0) is 45.4 Å². The number of rotatable bonds is 12. The van der Waals surface area contributed by atoms with Crippen LogP contribution < -0.4 is 10.6 Å². The summed E-state index contributed by atoms with van der Waals surface area (Å²) in [4.78, 5) is 23.3. The third kappa shape index (κ3) is 7.85. The van der Waals surface area contributed by atoms with Gasteiger partial charge in [0.05, 0.1) is 11.3 Å². The molecular weight excluding hydrogens is 392 g/mol. The Labute approximate surface area is 165 Å². The quantitative estimate of drug-likeness (QED) is 0.353. The highest BCUT2D eigenvalue weighted by molar-refractivity contribution is 6.60. The maximum absolute atomic E-state index is 12.1. The lowest BCUT2D eigenvalue weighted by Crippen LogP contribution is -2.46. The number of aromatic carboxylic acids is 1. The van der Waals surface area contributed by atoms with Crippen molar-refractivity contribution in [3.05, 3.63) is 28.8 Å². The van der Waals surface area contributed by atoms with Crippen LogP contribution in [0.3, 0.4) is 0 Å². The Morgan fingerprint density at radius 3 is 2.22 bits per heavy atom. The van der Waals surface area contributed by atoms with Crippen molar-refractivity contribution in [2.24, 2.45) is 0 Å². The Balaban J connectivity index is 2.57. The van der Waals surface area contributed by atoms with E-state index in [0.29, 0.717) is 43.9 Å². The molecule has 0 spiro atoms. The molecule has 0 aliphatic rings. The summed E-state index contributed by atoms with van der Waals surface area (Å²) in [5.74, 6) is -1.15. The number of carboxylic acid groups (broad SMARTS) is 1. The monoisotopic (exact) mass is 418 g/mol. The van der Waals surface area contributed by atoms with Crippen molar-refractivity contribution < 1.29 is 28.0 Å². The number of hydrogen-bond donors (Lipinski definition) is 3. The van der Waals surface area contributed by atoms with E-state index in [4.69, 9.17) is 24.9 Å². The summed E-state index contributed by atoms with van der Waals surface area (Å²) < 4.78 is 17.3. The molecule has 0 unspecified atom stereocenters. The molecule has 1 rings (SSSR count). The zero-order valence-electron chi connectivity index (χ0n) is 15.8. The molecule has 0 aliphatic carbocycles.